The lowest BCUT2D eigenvalue weighted by Gasteiger charge is -2.07. The molecule has 0 spiro atoms. The zero-order chi connectivity index (χ0) is 20.6. The molecule has 0 unspecified atom stereocenters. The predicted molar refractivity (Wildman–Crippen MR) is 114 cm³/mol. The highest BCUT2D eigenvalue weighted by Crippen LogP contribution is 2.12. The topological polar surface area (TPSA) is 52.6 Å². The molecule has 4 nitrogen and oxygen atoms in total. The van der Waals surface area contributed by atoms with Crippen LogP contribution in [0.15, 0.2) is 24.3 Å². The summed E-state index contributed by atoms with van der Waals surface area (Å²) >= 11 is 0. The quantitative estimate of drug-likeness (QED) is 0.251. The van der Waals surface area contributed by atoms with Crippen LogP contribution in [0, 0.1) is 5.92 Å². The van der Waals surface area contributed by atoms with Crippen molar-refractivity contribution in [3.8, 4) is 0 Å². The second kappa shape index (κ2) is 15.1. The number of benzene rings is 1. The lowest BCUT2D eigenvalue weighted by Crippen LogP contribution is -2.09. The van der Waals surface area contributed by atoms with Crippen LogP contribution >= 0.6 is 0 Å². The van der Waals surface area contributed by atoms with Crippen LogP contribution in [0.3, 0.4) is 0 Å². The van der Waals surface area contributed by atoms with E-state index in [0.717, 1.165) is 44.4 Å². The molecule has 158 valence electrons. The van der Waals surface area contributed by atoms with Crippen LogP contribution in [0.4, 0.5) is 0 Å². The van der Waals surface area contributed by atoms with E-state index in [1.807, 2.05) is 0 Å². The van der Waals surface area contributed by atoms with Gasteiger partial charge >= 0.3 is 11.9 Å². The Labute approximate surface area is 171 Å². The zero-order valence-electron chi connectivity index (χ0n) is 18.0. The molecule has 0 bridgehead atoms. The molecule has 0 radical (unpaired) electrons. The molecule has 0 N–H and O–H groups in total. The van der Waals surface area contributed by atoms with E-state index in [1.165, 1.54) is 25.7 Å². The largest absolute Gasteiger partial charge is 0.462 e. The second-order valence-corrected chi connectivity index (χ2v) is 7.86. The monoisotopic (exact) mass is 390 g/mol. The summed E-state index contributed by atoms with van der Waals surface area (Å²) in [6.07, 6.45) is 11.3. The molecule has 0 aliphatic carbocycles. The number of unbranched alkanes of at least 4 members (excludes halogenated alkanes) is 7. The smallest absolute Gasteiger partial charge is 0.338 e. The van der Waals surface area contributed by atoms with Gasteiger partial charge in [-0.1, -0.05) is 72.1 Å². The first-order valence-electron chi connectivity index (χ1n) is 11.0. The Balaban J connectivity index is 2.20. The minimum atomic E-state index is -0.339. The van der Waals surface area contributed by atoms with Gasteiger partial charge in [0.2, 0.25) is 0 Å². The number of carbonyl (C=O) groups excluding carboxylic acids is 2. The van der Waals surface area contributed by atoms with Crippen LogP contribution in [-0.2, 0) is 9.47 Å². The minimum Gasteiger partial charge on any atom is -0.462 e. The molecule has 0 aliphatic rings. The maximum absolute atomic E-state index is 12.1. The van der Waals surface area contributed by atoms with Gasteiger partial charge in [0.1, 0.15) is 0 Å². The summed E-state index contributed by atoms with van der Waals surface area (Å²) in [5.74, 6) is 0.105. The van der Waals surface area contributed by atoms with Crippen LogP contribution < -0.4 is 0 Å². The third-order valence-corrected chi connectivity index (χ3v) is 4.75. The Morgan fingerprint density at radius 3 is 1.61 bits per heavy atom. The van der Waals surface area contributed by atoms with Gasteiger partial charge < -0.3 is 9.47 Å². The summed E-state index contributed by atoms with van der Waals surface area (Å²) < 4.78 is 10.6. The van der Waals surface area contributed by atoms with Crippen LogP contribution in [0.5, 0.6) is 0 Å². The number of rotatable bonds is 15. The van der Waals surface area contributed by atoms with Gasteiger partial charge in [-0.25, -0.2) is 9.59 Å². The first-order chi connectivity index (χ1) is 13.5. The number of carbonyl (C=O) groups is 2. The molecule has 0 fully saturated rings. The van der Waals surface area contributed by atoms with Crippen molar-refractivity contribution < 1.29 is 19.1 Å². The molecule has 0 heterocycles. The van der Waals surface area contributed by atoms with Gasteiger partial charge in [0.15, 0.2) is 0 Å². The fraction of sp³-hybridized carbons (Fsp3) is 0.667. The average Bonchev–Trinajstić information content (AvgIpc) is 2.69. The first kappa shape index (κ1) is 24.2. The molecule has 0 atom stereocenters. The van der Waals surface area contributed by atoms with Gasteiger partial charge in [-0.05, 0) is 43.0 Å². The van der Waals surface area contributed by atoms with E-state index >= 15 is 0 Å². The Morgan fingerprint density at radius 2 is 1.14 bits per heavy atom. The van der Waals surface area contributed by atoms with E-state index in [-0.39, 0.29) is 11.9 Å². The van der Waals surface area contributed by atoms with Gasteiger partial charge in [-0.2, -0.15) is 0 Å². The van der Waals surface area contributed by atoms with Crippen molar-refractivity contribution in [2.45, 2.75) is 85.0 Å². The van der Waals surface area contributed by atoms with Crippen LogP contribution in [0.1, 0.15) is 106 Å². The fourth-order valence-corrected chi connectivity index (χ4v) is 2.95. The molecule has 28 heavy (non-hydrogen) atoms. The lowest BCUT2D eigenvalue weighted by atomic mass is 10.0. The van der Waals surface area contributed by atoms with E-state index in [0.29, 0.717) is 24.3 Å². The minimum absolute atomic E-state index is 0.334. The molecule has 0 saturated heterocycles. The van der Waals surface area contributed by atoms with Crippen LogP contribution in [0.2, 0.25) is 0 Å². The van der Waals surface area contributed by atoms with Crippen molar-refractivity contribution in [2.24, 2.45) is 5.92 Å². The van der Waals surface area contributed by atoms with Crippen molar-refractivity contribution in [1.82, 2.24) is 0 Å². The first-order valence-corrected chi connectivity index (χ1v) is 11.0. The number of hydrogen-bond acceptors (Lipinski definition) is 4. The van der Waals surface area contributed by atoms with E-state index in [2.05, 4.69) is 20.8 Å². The van der Waals surface area contributed by atoms with Crippen molar-refractivity contribution >= 4 is 11.9 Å². The number of hydrogen-bond donors (Lipinski definition) is 0. The molecule has 1 rings (SSSR count). The summed E-state index contributed by atoms with van der Waals surface area (Å²) in [6.45, 7) is 7.55. The molecule has 1 aromatic rings. The lowest BCUT2D eigenvalue weighted by molar-refractivity contribution is 0.0483. The second-order valence-electron chi connectivity index (χ2n) is 7.86. The third kappa shape index (κ3) is 11.1. The van der Waals surface area contributed by atoms with Crippen molar-refractivity contribution in [3.63, 3.8) is 0 Å². The van der Waals surface area contributed by atoms with Gasteiger partial charge in [-0.3, -0.25) is 0 Å². The Kier molecular flexibility index (Phi) is 13.1. The van der Waals surface area contributed by atoms with Crippen molar-refractivity contribution in [1.29, 1.82) is 0 Å². The Bertz CT molecular complexity index is 548. The third-order valence-electron chi connectivity index (χ3n) is 4.75. The summed E-state index contributed by atoms with van der Waals surface area (Å²) in [4.78, 5) is 24.0. The van der Waals surface area contributed by atoms with Gasteiger partial charge in [0.05, 0.1) is 24.3 Å². The predicted octanol–water partition coefficient (Wildman–Crippen LogP) is 6.58. The van der Waals surface area contributed by atoms with E-state index in [1.54, 1.807) is 24.3 Å². The van der Waals surface area contributed by atoms with Gasteiger partial charge in [0.25, 0.3) is 0 Å². The maximum Gasteiger partial charge on any atom is 0.338 e. The molecule has 0 aliphatic heterocycles. The van der Waals surface area contributed by atoms with Gasteiger partial charge in [0, 0.05) is 0 Å². The Hall–Kier alpha value is -1.84. The molecule has 0 amide bonds. The summed E-state index contributed by atoms with van der Waals surface area (Å²) in [7, 11) is 0. The molecule has 0 saturated carbocycles. The van der Waals surface area contributed by atoms with E-state index < -0.39 is 0 Å². The molecule has 0 aromatic heterocycles. The molecular formula is C24H38O4. The summed E-state index contributed by atoms with van der Waals surface area (Å²) in [5, 5.41) is 0. The SMILES string of the molecule is CCCCCCOC(=O)c1ccc(C(=O)OCCCCCCCC(C)C)cc1. The summed E-state index contributed by atoms with van der Waals surface area (Å²) in [6, 6.07) is 6.50. The van der Waals surface area contributed by atoms with E-state index in [4.69, 9.17) is 9.47 Å². The highest BCUT2D eigenvalue weighted by atomic mass is 16.5. The molecular weight excluding hydrogens is 352 g/mol. The van der Waals surface area contributed by atoms with Crippen LogP contribution in [0.25, 0.3) is 0 Å². The highest BCUT2D eigenvalue weighted by molar-refractivity contribution is 5.93. The summed E-state index contributed by atoms with van der Waals surface area (Å²) in [5.41, 5.74) is 0.935. The van der Waals surface area contributed by atoms with Crippen molar-refractivity contribution in [3.05, 3.63) is 35.4 Å². The highest BCUT2D eigenvalue weighted by Gasteiger charge is 2.10. The average molecular weight is 391 g/mol. The number of esters is 2. The Morgan fingerprint density at radius 1 is 0.714 bits per heavy atom. The van der Waals surface area contributed by atoms with Gasteiger partial charge in [-0.15, -0.1) is 0 Å². The maximum atomic E-state index is 12.1. The van der Waals surface area contributed by atoms with E-state index in [9.17, 15) is 9.59 Å². The molecule has 4 heteroatoms. The molecule has 1 aromatic carbocycles. The zero-order valence-corrected chi connectivity index (χ0v) is 18.0. The fourth-order valence-electron chi connectivity index (χ4n) is 2.95. The normalized spacial score (nSPS) is 10.9. The van der Waals surface area contributed by atoms with Crippen molar-refractivity contribution in [2.75, 3.05) is 13.2 Å². The van der Waals surface area contributed by atoms with Crippen LogP contribution in [-0.4, -0.2) is 25.2 Å². The standard InChI is InChI=1S/C24H38O4/c1-4-5-6-11-18-27-23(25)21-14-16-22(17-15-21)24(26)28-19-12-9-7-8-10-13-20(2)3/h14-17,20H,4-13,18-19H2,1-3H3. The number of ether oxygens (including phenoxy) is 2.